The molecule has 4 N–H and O–H groups in total. The Morgan fingerprint density at radius 1 is 1.25 bits per heavy atom. The van der Waals surface area contributed by atoms with E-state index in [0.717, 1.165) is 37.1 Å². The van der Waals surface area contributed by atoms with Crippen molar-refractivity contribution in [3.05, 3.63) is 28.8 Å². The molecule has 28 heavy (non-hydrogen) atoms. The minimum atomic E-state index is -0.0761. The van der Waals surface area contributed by atoms with Crippen molar-refractivity contribution in [1.82, 2.24) is 10.6 Å². The van der Waals surface area contributed by atoms with Gasteiger partial charge in [-0.25, -0.2) is 0 Å². The Bertz CT molecular complexity index is 608. The number of aliphatic hydroxyl groups is 1. The van der Waals surface area contributed by atoms with Crippen LogP contribution in [0.25, 0.3) is 0 Å². The van der Waals surface area contributed by atoms with Gasteiger partial charge in [-0.2, -0.15) is 0 Å². The molecule has 0 saturated carbocycles. The molecule has 160 valence electrons. The van der Waals surface area contributed by atoms with E-state index in [1.807, 2.05) is 26.0 Å². The number of aliphatic imine (C=N–C) groups is 1. The van der Waals surface area contributed by atoms with Crippen LogP contribution in [0, 0.1) is 12.8 Å². The van der Waals surface area contributed by atoms with Gasteiger partial charge in [0, 0.05) is 43.4 Å². The maximum Gasteiger partial charge on any atom is 0.226 e. The zero-order chi connectivity index (χ0) is 20.1. The second kappa shape index (κ2) is 15.8. The highest BCUT2D eigenvalue weighted by molar-refractivity contribution is 14.0. The van der Waals surface area contributed by atoms with Gasteiger partial charge in [-0.15, -0.1) is 24.0 Å². The quantitative estimate of drug-likeness (QED) is 0.201. The molecule has 6 nitrogen and oxygen atoms in total. The summed E-state index contributed by atoms with van der Waals surface area (Å²) in [6, 6.07) is 5.46. The first-order valence-corrected chi connectivity index (χ1v) is 10.1. The second-order valence-corrected chi connectivity index (χ2v) is 6.93. The monoisotopic (exact) mass is 524 g/mol. The van der Waals surface area contributed by atoms with Crippen LogP contribution in [0.2, 0.25) is 5.02 Å². The van der Waals surface area contributed by atoms with Crippen molar-refractivity contribution in [2.75, 3.05) is 31.6 Å². The molecule has 0 aliphatic rings. The lowest BCUT2D eigenvalue weighted by Crippen LogP contribution is -2.39. The third-order valence-corrected chi connectivity index (χ3v) is 4.68. The van der Waals surface area contributed by atoms with E-state index >= 15 is 0 Å². The minimum absolute atomic E-state index is 0. The lowest BCUT2D eigenvalue weighted by Gasteiger charge is -2.15. The zero-order valence-electron chi connectivity index (χ0n) is 17.1. The van der Waals surface area contributed by atoms with E-state index in [4.69, 9.17) is 16.7 Å². The minimum Gasteiger partial charge on any atom is -0.396 e. The van der Waals surface area contributed by atoms with E-state index in [-0.39, 0.29) is 36.5 Å². The van der Waals surface area contributed by atoms with Crippen molar-refractivity contribution in [3.8, 4) is 0 Å². The van der Waals surface area contributed by atoms with Crippen LogP contribution in [0.4, 0.5) is 5.69 Å². The molecule has 8 heteroatoms. The number of hydrogen-bond donors (Lipinski definition) is 4. The fraction of sp³-hybridized carbons (Fsp3) is 0.600. The van der Waals surface area contributed by atoms with Crippen LogP contribution in [0.1, 0.15) is 45.1 Å². The summed E-state index contributed by atoms with van der Waals surface area (Å²) < 4.78 is 0. The lowest BCUT2D eigenvalue weighted by atomic mass is 10.0. The SMILES string of the molecule is CCCC(CCO)CN=C(NCC)NCCC(=O)Nc1cccc(Cl)c1C.I. The molecule has 0 spiro atoms. The number of guanidine groups is 1. The topological polar surface area (TPSA) is 85.8 Å². The van der Waals surface area contributed by atoms with Crippen LogP contribution in [0.5, 0.6) is 0 Å². The molecule has 0 bridgehead atoms. The van der Waals surface area contributed by atoms with Gasteiger partial charge in [-0.05, 0) is 50.3 Å². The molecule has 1 amide bonds. The fourth-order valence-electron chi connectivity index (χ4n) is 2.73. The Morgan fingerprint density at radius 2 is 2.00 bits per heavy atom. The summed E-state index contributed by atoms with van der Waals surface area (Å²) in [6.45, 7) is 8.10. The normalized spacial score (nSPS) is 12.1. The van der Waals surface area contributed by atoms with Gasteiger partial charge >= 0.3 is 0 Å². The average Bonchev–Trinajstić information content (AvgIpc) is 2.63. The van der Waals surface area contributed by atoms with Crippen LogP contribution in [-0.2, 0) is 4.79 Å². The Labute approximate surface area is 190 Å². The zero-order valence-corrected chi connectivity index (χ0v) is 20.1. The lowest BCUT2D eigenvalue weighted by molar-refractivity contribution is -0.116. The second-order valence-electron chi connectivity index (χ2n) is 6.52. The number of amides is 1. The molecule has 1 aromatic rings. The summed E-state index contributed by atoms with van der Waals surface area (Å²) in [7, 11) is 0. The maximum absolute atomic E-state index is 12.2. The van der Waals surface area contributed by atoms with Gasteiger partial charge in [0.05, 0.1) is 0 Å². The smallest absolute Gasteiger partial charge is 0.226 e. The Hall–Kier alpha value is -1.06. The summed E-state index contributed by atoms with van der Waals surface area (Å²) in [5, 5.41) is 19.1. The molecule has 0 aliphatic carbocycles. The number of nitrogens with zero attached hydrogens (tertiary/aromatic N) is 1. The van der Waals surface area contributed by atoms with E-state index in [0.29, 0.717) is 36.4 Å². The van der Waals surface area contributed by atoms with Crippen molar-refractivity contribution >= 4 is 53.1 Å². The van der Waals surface area contributed by atoms with Gasteiger partial charge in [-0.1, -0.05) is 31.0 Å². The molecular weight excluding hydrogens is 491 g/mol. The number of anilines is 1. The summed E-state index contributed by atoms with van der Waals surface area (Å²) in [6.07, 6.45) is 3.21. The van der Waals surface area contributed by atoms with Crippen molar-refractivity contribution in [1.29, 1.82) is 0 Å². The number of hydrogen-bond acceptors (Lipinski definition) is 3. The maximum atomic E-state index is 12.2. The van der Waals surface area contributed by atoms with E-state index in [9.17, 15) is 4.79 Å². The van der Waals surface area contributed by atoms with Gasteiger partial charge in [-0.3, -0.25) is 9.79 Å². The van der Waals surface area contributed by atoms with E-state index in [1.165, 1.54) is 0 Å². The molecule has 0 radical (unpaired) electrons. The molecule has 0 aromatic heterocycles. The molecule has 0 aliphatic heterocycles. The largest absolute Gasteiger partial charge is 0.396 e. The number of benzene rings is 1. The van der Waals surface area contributed by atoms with Gasteiger partial charge in [0.25, 0.3) is 0 Å². The summed E-state index contributed by atoms with van der Waals surface area (Å²) in [5.74, 6) is 1.00. The first-order chi connectivity index (χ1) is 13.0. The van der Waals surface area contributed by atoms with E-state index < -0.39 is 0 Å². The van der Waals surface area contributed by atoms with Crippen LogP contribution < -0.4 is 16.0 Å². The van der Waals surface area contributed by atoms with Crippen molar-refractivity contribution in [3.63, 3.8) is 0 Å². The van der Waals surface area contributed by atoms with E-state index in [1.54, 1.807) is 6.07 Å². The Morgan fingerprint density at radius 3 is 2.64 bits per heavy atom. The van der Waals surface area contributed by atoms with Gasteiger partial charge in [0.2, 0.25) is 5.91 Å². The molecule has 1 rings (SSSR count). The highest BCUT2D eigenvalue weighted by Crippen LogP contribution is 2.22. The van der Waals surface area contributed by atoms with Crippen LogP contribution in [0.3, 0.4) is 0 Å². The Balaban J connectivity index is 0.00000729. The van der Waals surface area contributed by atoms with Gasteiger partial charge in [0.15, 0.2) is 5.96 Å². The van der Waals surface area contributed by atoms with Crippen molar-refractivity contribution in [2.24, 2.45) is 10.9 Å². The van der Waals surface area contributed by atoms with Crippen LogP contribution >= 0.6 is 35.6 Å². The van der Waals surface area contributed by atoms with Crippen molar-refractivity contribution in [2.45, 2.75) is 46.5 Å². The number of halogens is 2. The van der Waals surface area contributed by atoms with Gasteiger partial charge in [0.1, 0.15) is 0 Å². The fourth-order valence-corrected chi connectivity index (χ4v) is 2.90. The molecule has 1 unspecified atom stereocenters. The first kappa shape index (κ1) is 26.9. The highest BCUT2D eigenvalue weighted by atomic mass is 127. The third-order valence-electron chi connectivity index (χ3n) is 4.27. The predicted octanol–water partition coefficient (Wildman–Crippen LogP) is 3.95. The predicted molar refractivity (Wildman–Crippen MR) is 129 cm³/mol. The number of carbonyl (C=O) groups is 1. The van der Waals surface area contributed by atoms with Gasteiger partial charge < -0.3 is 21.1 Å². The molecule has 1 aromatic carbocycles. The third kappa shape index (κ3) is 10.5. The average molecular weight is 525 g/mol. The molecule has 0 heterocycles. The number of aliphatic hydroxyl groups excluding tert-OH is 1. The number of rotatable bonds is 11. The van der Waals surface area contributed by atoms with Crippen LogP contribution in [-0.4, -0.2) is 43.2 Å². The standard InChI is InChI=1S/C20H33ClN4O2.HI/c1-4-7-16(11-13-26)14-24-20(22-5-2)23-12-10-19(27)25-18-9-6-8-17(21)15(18)3;/h6,8-9,16,26H,4-5,7,10-14H2,1-3H3,(H,25,27)(H2,22,23,24);1H. The molecule has 0 fully saturated rings. The molecular formula is C20H34ClIN4O2. The summed E-state index contributed by atoms with van der Waals surface area (Å²) >= 11 is 6.08. The number of nitrogens with one attached hydrogen (secondary N) is 3. The first-order valence-electron chi connectivity index (χ1n) is 9.69. The van der Waals surface area contributed by atoms with Crippen molar-refractivity contribution < 1.29 is 9.90 Å². The molecule has 0 saturated heterocycles. The number of carbonyl (C=O) groups excluding carboxylic acids is 1. The van der Waals surface area contributed by atoms with Crippen LogP contribution in [0.15, 0.2) is 23.2 Å². The highest BCUT2D eigenvalue weighted by Gasteiger charge is 2.09. The summed E-state index contributed by atoms with van der Waals surface area (Å²) in [4.78, 5) is 16.8. The summed E-state index contributed by atoms with van der Waals surface area (Å²) in [5.41, 5.74) is 1.60. The van der Waals surface area contributed by atoms with E-state index in [2.05, 4.69) is 27.9 Å². The molecule has 1 atom stereocenters. The Kier molecular flexibility index (Phi) is 15.2.